The number of ether oxygens (including phenoxy) is 1. The summed E-state index contributed by atoms with van der Waals surface area (Å²) in [6.07, 6.45) is 2.44. The first kappa shape index (κ1) is 25.1. The van der Waals surface area contributed by atoms with Gasteiger partial charge in [0, 0.05) is 10.6 Å². The molecule has 3 heterocycles. The Hall–Kier alpha value is -3.55. The van der Waals surface area contributed by atoms with Crippen LogP contribution in [0.15, 0.2) is 66.9 Å². The minimum Gasteiger partial charge on any atom is -0.462 e. The Morgan fingerprint density at radius 2 is 1.86 bits per heavy atom. The molecule has 0 aliphatic carbocycles. The van der Waals surface area contributed by atoms with Crippen LogP contribution in [0.5, 0.6) is 0 Å². The van der Waals surface area contributed by atoms with Crippen molar-refractivity contribution in [2.75, 3.05) is 19.7 Å². The number of rotatable bonds is 6. The summed E-state index contributed by atoms with van der Waals surface area (Å²) < 4.78 is 22.2. The van der Waals surface area contributed by atoms with Crippen molar-refractivity contribution in [3.05, 3.63) is 88.7 Å². The van der Waals surface area contributed by atoms with Crippen LogP contribution in [0.2, 0.25) is 5.02 Å². The number of nitrogens with one attached hydrogen (secondary N) is 1. The molecule has 2 aromatic carbocycles. The molecule has 0 saturated carbocycles. The molecule has 0 spiro atoms. The summed E-state index contributed by atoms with van der Waals surface area (Å²) in [6.45, 7) is 5.22. The number of aromatic nitrogens is 3. The maximum Gasteiger partial charge on any atom is 0.341 e. The number of piperidine rings is 1. The van der Waals surface area contributed by atoms with E-state index in [1.54, 1.807) is 18.5 Å². The zero-order chi connectivity index (χ0) is 26.0. The molecule has 190 valence electrons. The third-order valence-corrected chi connectivity index (χ3v) is 7.06. The van der Waals surface area contributed by atoms with Crippen LogP contribution < -0.4 is 5.32 Å². The number of alkyl halides is 1. The molecule has 8 heteroatoms. The van der Waals surface area contributed by atoms with Crippen LogP contribution in [0.25, 0.3) is 28.2 Å². The summed E-state index contributed by atoms with van der Waals surface area (Å²) in [5.74, 6) is 0.152. The van der Waals surface area contributed by atoms with Gasteiger partial charge in [0.1, 0.15) is 11.2 Å². The van der Waals surface area contributed by atoms with Gasteiger partial charge in [-0.2, -0.15) is 5.10 Å². The van der Waals surface area contributed by atoms with Gasteiger partial charge in [-0.15, -0.1) is 0 Å². The lowest BCUT2D eigenvalue weighted by Gasteiger charge is -2.30. The highest BCUT2D eigenvalue weighted by Gasteiger charge is 2.33. The first-order chi connectivity index (χ1) is 17.9. The van der Waals surface area contributed by atoms with Gasteiger partial charge in [-0.25, -0.2) is 18.9 Å². The van der Waals surface area contributed by atoms with Crippen LogP contribution in [0.4, 0.5) is 4.39 Å². The summed E-state index contributed by atoms with van der Waals surface area (Å²) in [5, 5.41) is 8.17. The fraction of sp³-hybridized carbons (Fsp3) is 0.276. The Labute approximate surface area is 220 Å². The molecule has 0 amide bonds. The predicted octanol–water partition coefficient (Wildman–Crippen LogP) is 6.29. The van der Waals surface area contributed by atoms with E-state index < -0.39 is 11.6 Å². The number of carbonyl (C=O) groups is 1. The number of benzene rings is 2. The zero-order valence-corrected chi connectivity index (χ0v) is 21.6. The van der Waals surface area contributed by atoms with E-state index in [0.717, 1.165) is 16.7 Å². The molecular weight excluding hydrogens is 491 g/mol. The molecule has 1 aliphatic rings. The molecule has 0 bridgehead atoms. The van der Waals surface area contributed by atoms with Crippen LogP contribution >= 0.6 is 11.6 Å². The summed E-state index contributed by atoms with van der Waals surface area (Å²) >= 11 is 6.40. The standard InChI is InChI=1S/C29H28ClFN4O2/c1-3-37-28(36)25-18-33-35(19(25)2)27-6-4-5-26(34-27)24-17-22(30)11-12-23(24)20-7-9-21(10-8-20)29(31)13-15-32-16-14-29/h4-12,17-18,32H,3,13-16H2,1-2H3. The Balaban J connectivity index is 1.51. The molecule has 1 aliphatic heterocycles. The third kappa shape index (κ3) is 5.02. The predicted molar refractivity (Wildman–Crippen MR) is 143 cm³/mol. The monoisotopic (exact) mass is 518 g/mol. The van der Waals surface area contributed by atoms with Crippen molar-refractivity contribution in [2.45, 2.75) is 32.4 Å². The van der Waals surface area contributed by atoms with Gasteiger partial charge in [0.15, 0.2) is 5.82 Å². The fourth-order valence-corrected chi connectivity index (χ4v) is 4.95. The maximum atomic E-state index is 15.5. The van der Waals surface area contributed by atoms with E-state index in [0.29, 0.717) is 65.9 Å². The number of hydrogen-bond acceptors (Lipinski definition) is 5. The summed E-state index contributed by atoms with van der Waals surface area (Å²) in [7, 11) is 0. The highest BCUT2D eigenvalue weighted by atomic mass is 35.5. The summed E-state index contributed by atoms with van der Waals surface area (Å²) in [4.78, 5) is 17.1. The van der Waals surface area contributed by atoms with Crippen molar-refractivity contribution in [3.63, 3.8) is 0 Å². The van der Waals surface area contributed by atoms with Crippen LogP contribution in [0.1, 0.15) is 41.4 Å². The highest BCUT2D eigenvalue weighted by molar-refractivity contribution is 6.31. The Bertz CT molecular complexity index is 1430. The van der Waals surface area contributed by atoms with Gasteiger partial charge in [0.2, 0.25) is 0 Å². The van der Waals surface area contributed by atoms with Crippen molar-refractivity contribution < 1.29 is 13.9 Å². The van der Waals surface area contributed by atoms with Crippen LogP contribution in [-0.2, 0) is 10.4 Å². The first-order valence-electron chi connectivity index (χ1n) is 12.4. The molecule has 37 heavy (non-hydrogen) atoms. The number of hydrogen-bond donors (Lipinski definition) is 1. The number of halogens is 2. The van der Waals surface area contributed by atoms with Crippen LogP contribution in [-0.4, -0.2) is 40.4 Å². The first-order valence-corrected chi connectivity index (χ1v) is 12.8. The normalized spacial score (nSPS) is 14.9. The van der Waals surface area contributed by atoms with E-state index in [-0.39, 0.29) is 0 Å². The number of pyridine rings is 1. The summed E-state index contributed by atoms with van der Waals surface area (Å²) in [5.41, 5.74) is 3.87. The molecule has 0 unspecified atom stereocenters. The lowest BCUT2D eigenvalue weighted by atomic mass is 9.86. The maximum absolute atomic E-state index is 15.5. The van der Waals surface area contributed by atoms with Crippen molar-refractivity contribution in [1.82, 2.24) is 20.1 Å². The Morgan fingerprint density at radius 3 is 2.59 bits per heavy atom. The van der Waals surface area contributed by atoms with Gasteiger partial charge in [-0.3, -0.25) is 0 Å². The van der Waals surface area contributed by atoms with E-state index in [1.807, 2.05) is 60.7 Å². The minimum atomic E-state index is -1.30. The quantitative estimate of drug-likeness (QED) is 0.304. The van der Waals surface area contributed by atoms with E-state index in [9.17, 15) is 4.79 Å². The molecule has 2 aromatic heterocycles. The van der Waals surface area contributed by atoms with Gasteiger partial charge < -0.3 is 10.1 Å². The molecular formula is C29H28ClFN4O2. The molecule has 0 radical (unpaired) electrons. The van der Waals surface area contributed by atoms with Crippen molar-refractivity contribution in [3.8, 4) is 28.2 Å². The lowest BCUT2D eigenvalue weighted by Crippen LogP contribution is -2.36. The van der Waals surface area contributed by atoms with Gasteiger partial charge in [-0.1, -0.05) is 48.0 Å². The van der Waals surface area contributed by atoms with Gasteiger partial charge in [0.25, 0.3) is 0 Å². The second-order valence-corrected chi connectivity index (χ2v) is 9.58. The fourth-order valence-electron chi connectivity index (χ4n) is 4.78. The Kier molecular flexibility index (Phi) is 7.09. The topological polar surface area (TPSA) is 69.0 Å². The second kappa shape index (κ2) is 10.4. The molecule has 0 atom stereocenters. The number of esters is 1. The number of nitrogens with zero attached hydrogens (tertiary/aromatic N) is 3. The largest absolute Gasteiger partial charge is 0.462 e. The van der Waals surface area contributed by atoms with Crippen molar-refractivity contribution in [2.24, 2.45) is 0 Å². The molecule has 1 fully saturated rings. The van der Waals surface area contributed by atoms with Crippen LogP contribution in [0.3, 0.4) is 0 Å². The molecule has 5 rings (SSSR count). The summed E-state index contributed by atoms with van der Waals surface area (Å²) in [6, 6.07) is 19.0. The van der Waals surface area contributed by atoms with E-state index in [2.05, 4.69) is 10.4 Å². The average Bonchev–Trinajstić information content (AvgIpc) is 3.31. The molecule has 1 N–H and O–H groups in total. The van der Waals surface area contributed by atoms with Crippen molar-refractivity contribution in [1.29, 1.82) is 0 Å². The van der Waals surface area contributed by atoms with E-state index >= 15 is 4.39 Å². The highest BCUT2D eigenvalue weighted by Crippen LogP contribution is 2.38. The SMILES string of the molecule is CCOC(=O)c1cnn(-c2cccc(-c3cc(Cl)ccc3-c3ccc(C4(F)CCNCC4)cc3)n2)c1C. The average molecular weight is 519 g/mol. The van der Waals surface area contributed by atoms with Crippen molar-refractivity contribution >= 4 is 17.6 Å². The van der Waals surface area contributed by atoms with Gasteiger partial charge in [-0.05, 0) is 80.7 Å². The second-order valence-electron chi connectivity index (χ2n) is 9.14. The zero-order valence-electron chi connectivity index (χ0n) is 20.8. The molecule has 1 saturated heterocycles. The molecule has 4 aromatic rings. The van der Waals surface area contributed by atoms with Crippen LogP contribution in [0, 0.1) is 6.92 Å². The third-order valence-electron chi connectivity index (χ3n) is 6.82. The number of carbonyl (C=O) groups excluding carboxylic acids is 1. The molecule has 6 nitrogen and oxygen atoms in total. The van der Waals surface area contributed by atoms with Gasteiger partial charge in [0.05, 0.1) is 24.2 Å². The lowest BCUT2D eigenvalue weighted by molar-refractivity contribution is 0.0525. The van der Waals surface area contributed by atoms with Gasteiger partial charge >= 0.3 is 5.97 Å². The van der Waals surface area contributed by atoms with E-state index in [1.165, 1.54) is 6.20 Å². The Morgan fingerprint density at radius 1 is 1.11 bits per heavy atom. The van der Waals surface area contributed by atoms with E-state index in [4.69, 9.17) is 21.3 Å². The smallest absolute Gasteiger partial charge is 0.341 e. The minimum absolute atomic E-state index is 0.291.